The molecule has 0 amide bonds. The van der Waals surface area contributed by atoms with Crippen LogP contribution in [-0.2, 0) is 33.4 Å². The molecule has 0 radical (unpaired) electrons. The maximum Gasteiger partial charge on any atom is 0.308 e. The standard InChI is InChI=1S/C68H130O8/c1-3-5-7-9-11-13-15-22-30-36-42-48-54-60-66(72)75-68(76-67(73)61-55-49-43-37-31-23-16-14-12-10-8-6-4-2)62-56-50-44-38-32-26-20-19-25-29-35-41-47-53-59-65(71)74-63-57-51-45-39-33-27-21-17-18-24-28-34-40-46-52-58-64(69)70/h68H,3-63H2,1-2H3,(H,69,70). The molecule has 0 bridgehead atoms. The summed E-state index contributed by atoms with van der Waals surface area (Å²) in [6.45, 7) is 5.13. The van der Waals surface area contributed by atoms with E-state index in [1.54, 1.807) is 0 Å². The molecular weight excluding hydrogens is 945 g/mol. The summed E-state index contributed by atoms with van der Waals surface area (Å²) in [6, 6.07) is 0. The van der Waals surface area contributed by atoms with Gasteiger partial charge in [-0.15, -0.1) is 0 Å². The van der Waals surface area contributed by atoms with Crippen LogP contribution in [0, 0.1) is 0 Å². The molecule has 0 unspecified atom stereocenters. The van der Waals surface area contributed by atoms with Crippen LogP contribution in [0.25, 0.3) is 0 Å². The van der Waals surface area contributed by atoms with Crippen LogP contribution in [-0.4, -0.2) is 41.9 Å². The van der Waals surface area contributed by atoms with Crippen molar-refractivity contribution in [3.63, 3.8) is 0 Å². The maximum absolute atomic E-state index is 12.9. The van der Waals surface area contributed by atoms with E-state index in [9.17, 15) is 19.2 Å². The minimum Gasteiger partial charge on any atom is -0.481 e. The third-order valence-corrected chi connectivity index (χ3v) is 15.9. The molecule has 0 aromatic heterocycles. The molecular formula is C68H130O8. The molecule has 0 saturated carbocycles. The molecule has 0 aromatic rings. The highest BCUT2D eigenvalue weighted by atomic mass is 16.7. The molecule has 0 spiro atoms. The molecule has 0 rings (SSSR count). The molecule has 0 atom stereocenters. The maximum atomic E-state index is 12.9. The second-order valence-corrected chi connectivity index (χ2v) is 23.6. The van der Waals surface area contributed by atoms with Crippen molar-refractivity contribution in [2.75, 3.05) is 6.61 Å². The molecule has 0 saturated heterocycles. The second kappa shape index (κ2) is 63.7. The smallest absolute Gasteiger partial charge is 0.308 e. The molecule has 1 N–H and O–H groups in total. The van der Waals surface area contributed by atoms with Gasteiger partial charge in [-0.25, -0.2) is 0 Å². The van der Waals surface area contributed by atoms with Gasteiger partial charge in [-0.2, -0.15) is 0 Å². The fourth-order valence-electron chi connectivity index (χ4n) is 10.8. The number of rotatable bonds is 65. The van der Waals surface area contributed by atoms with Gasteiger partial charge in [0.1, 0.15) is 0 Å². The van der Waals surface area contributed by atoms with E-state index in [0.717, 1.165) is 77.0 Å². The number of carboxylic acids is 1. The van der Waals surface area contributed by atoms with Gasteiger partial charge in [0.2, 0.25) is 6.29 Å². The molecule has 8 nitrogen and oxygen atoms in total. The van der Waals surface area contributed by atoms with Gasteiger partial charge < -0.3 is 19.3 Å². The van der Waals surface area contributed by atoms with E-state index >= 15 is 0 Å². The van der Waals surface area contributed by atoms with Crippen molar-refractivity contribution in [1.29, 1.82) is 0 Å². The summed E-state index contributed by atoms with van der Waals surface area (Å²) in [5, 5.41) is 8.69. The quantitative estimate of drug-likeness (QED) is 0.0364. The highest BCUT2D eigenvalue weighted by molar-refractivity contribution is 5.71. The fraction of sp³-hybridized carbons (Fsp3) is 0.941. The van der Waals surface area contributed by atoms with Crippen molar-refractivity contribution >= 4 is 23.9 Å². The summed E-state index contributed by atoms with van der Waals surface area (Å²) in [4.78, 5) is 48.5. The van der Waals surface area contributed by atoms with Crippen LogP contribution in [0.15, 0.2) is 0 Å². The highest BCUT2D eigenvalue weighted by Gasteiger charge is 2.19. The number of carboxylic acid groups (broad SMARTS) is 1. The van der Waals surface area contributed by atoms with Crippen molar-refractivity contribution < 1.29 is 38.5 Å². The minimum atomic E-state index is -0.744. The third kappa shape index (κ3) is 62.7. The van der Waals surface area contributed by atoms with Crippen molar-refractivity contribution in [2.24, 2.45) is 0 Å². The van der Waals surface area contributed by atoms with Crippen LogP contribution < -0.4 is 0 Å². The van der Waals surface area contributed by atoms with Gasteiger partial charge in [0.05, 0.1) is 6.61 Å². The van der Waals surface area contributed by atoms with Crippen LogP contribution in [0.4, 0.5) is 0 Å². The van der Waals surface area contributed by atoms with Gasteiger partial charge in [0.25, 0.3) is 0 Å². The van der Waals surface area contributed by atoms with E-state index in [1.165, 1.54) is 276 Å². The first-order valence-corrected chi connectivity index (χ1v) is 34.1. The van der Waals surface area contributed by atoms with E-state index in [-0.39, 0.29) is 17.9 Å². The topological polar surface area (TPSA) is 116 Å². The van der Waals surface area contributed by atoms with Crippen molar-refractivity contribution in [3.8, 4) is 0 Å². The van der Waals surface area contributed by atoms with E-state index in [1.807, 2.05) is 0 Å². The number of carbonyl (C=O) groups is 4. The van der Waals surface area contributed by atoms with Gasteiger partial charge in [-0.1, -0.05) is 328 Å². The lowest BCUT2D eigenvalue weighted by atomic mass is 10.0. The SMILES string of the molecule is CCCCCCCCCCCCCCCC(=O)OC(CCCCCCCCCCCCCCCCC(=O)OCCCCCCCCCCCCCCCCCC(=O)O)OC(=O)CCCCCCCCCCCCCCC. The Hall–Kier alpha value is -2.12. The molecule has 450 valence electrons. The Bertz CT molecular complexity index is 1160. The van der Waals surface area contributed by atoms with Gasteiger partial charge in [0.15, 0.2) is 0 Å². The zero-order valence-corrected chi connectivity index (χ0v) is 51.0. The summed E-state index contributed by atoms with van der Waals surface area (Å²) in [6.07, 6.45) is 69.7. The first kappa shape index (κ1) is 73.9. The molecule has 8 heteroatoms. The van der Waals surface area contributed by atoms with Gasteiger partial charge in [-0.05, 0) is 38.5 Å². The third-order valence-electron chi connectivity index (χ3n) is 15.9. The summed E-state index contributed by atoms with van der Waals surface area (Å²) >= 11 is 0. The zero-order chi connectivity index (χ0) is 55.1. The molecule has 0 aromatic carbocycles. The summed E-state index contributed by atoms with van der Waals surface area (Å²) < 4.78 is 17.1. The lowest BCUT2D eigenvalue weighted by molar-refractivity contribution is -0.189. The minimum absolute atomic E-state index is 0.0189. The average molecular weight is 1080 g/mol. The average Bonchev–Trinajstić information content (AvgIpc) is 3.40. The van der Waals surface area contributed by atoms with Crippen molar-refractivity contribution in [2.45, 2.75) is 405 Å². The summed E-state index contributed by atoms with van der Waals surface area (Å²) in [7, 11) is 0. The Labute approximate surface area is 472 Å². The first-order valence-electron chi connectivity index (χ1n) is 34.1. The highest BCUT2D eigenvalue weighted by Crippen LogP contribution is 2.20. The van der Waals surface area contributed by atoms with E-state index < -0.39 is 12.3 Å². The van der Waals surface area contributed by atoms with Gasteiger partial charge in [0, 0.05) is 32.1 Å². The molecule has 0 fully saturated rings. The molecule has 0 aliphatic carbocycles. The monoisotopic (exact) mass is 1070 g/mol. The van der Waals surface area contributed by atoms with Crippen molar-refractivity contribution in [1.82, 2.24) is 0 Å². The van der Waals surface area contributed by atoms with E-state index in [0.29, 0.717) is 38.7 Å². The molecule has 0 aliphatic heterocycles. The van der Waals surface area contributed by atoms with Crippen LogP contribution in [0.5, 0.6) is 0 Å². The Balaban J connectivity index is 3.97. The van der Waals surface area contributed by atoms with Crippen LogP contribution >= 0.6 is 0 Å². The predicted molar refractivity (Wildman–Crippen MR) is 323 cm³/mol. The fourth-order valence-corrected chi connectivity index (χ4v) is 10.8. The lowest BCUT2D eigenvalue weighted by Crippen LogP contribution is -2.24. The number of unbranched alkanes of at least 4 members (excludes halogenated alkanes) is 51. The zero-order valence-electron chi connectivity index (χ0n) is 51.0. The number of ether oxygens (including phenoxy) is 3. The van der Waals surface area contributed by atoms with Crippen molar-refractivity contribution in [3.05, 3.63) is 0 Å². The van der Waals surface area contributed by atoms with Crippen LogP contribution in [0.3, 0.4) is 0 Å². The number of aliphatic carboxylic acids is 1. The Morgan fingerprint density at radius 1 is 0.263 bits per heavy atom. The molecule has 0 heterocycles. The number of hydrogen-bond acceptors (Lipinski definition) is 7. The first-order chi connectivity index (χ1) is 37.4. The summed E-state index contributed by atoms with van der Waals surface area (Å²) in [5.74, 6) is -1.12. The normalized spacial score (nSPS) is 11.5. The predicted octanol–water partition coefficient (Wildman–Crippen LogP) is 22.5. The number of esters is 3. The van der Waals surface area contributed by atoms with Crippen LogP contribution in [0.1, 0.15) is 399 Å². The molecule has 0 aliphatic rings. The molecule has 76 heavy (non-hydrogen) atoms. The number of carbonyl (C=O) groups excluding carboxylic acids is 3. The van der Waals surface area contributed by atoms with Gasteiger partial charge in [-0.3, -0.25) is 19.2 Å². The summed E-state index contributed by atoms with van der Waals surface area (Å²) in [5.41, 5.74) is 0. The van der Waals surface area contributed by atoms with Crippen LogP contribution in [0.2, 0.25) is 0 Å². The van der Waals surface area contributed by atoms with Gasteiger partial charge >= 0.3 is 23.9 Å². The van der Waals surface area contributed by atoms with E-state index in [4.69, 9.17) is 19.3 Å². The Morgan fingerprint density at radius 2 is 0.474 bits per heavy atom. The second-order valence-electron chi connectivity index (χ2n) is 23.6. The lowest BCUT2D eigenvalue weighted by Gasteiger charge is -2.18. The Kier molecular flexibility index (Phi) is 61.9. The Morgan fingerprint density at radius 3 is 0.737 bits per heavy atom. The largest absolute Gasteiger partial charge is 0.481 e. The number of hydrogen-bond donors (Lipinski definition) is 1. The van der Waals surface area contributed by atoms with E-state index in [2.05, 4.69) is 13.8 Å².